The summed E-state index contributed by atoms with van der Waals surface area (Å²) in [5, 5.41) is 5.49. The lowest BCUT2D eigenvalue weighted by molar-refractivity contribution is -0.136. The van der Waals surface area contributed by atoms with Gasteiger partial charge in [0.1, 0.15) is 11.6 Å². The Hall–Kier alpha value is -3.65. The molecule has 0 radical (unpaired) electrons. The van der Waals surface area contributed by atoms with Crippen molar-refractivity contribution in [3.8, 4) is 0 Å². The van der Waals surface area contributed by atoms with Crippen LogP contribution >= 0.6 is 0 Å². The Labute approximate surface area is 198 Å². The van der Waals surface area contributed by atoms with Crippen LogP contribution in [0.4, 0.5) is 15.8 Å². The zero-order valence-corrected chi connectivity index (χ0v) is 19.4. The molecule has 178 valence electrons. The normalized spacial score (nSPS) is 15.1. The molecule has 2 aromatic carbocycles. The number of hydrogen-bond acceptors (Lipinski definition) is 5. The van der Waals surface area contributed by atoms with Gasteiger partial charge in [-0.05, 0) is 61.4 Å². The summed E-state index contributed by atoms with van der Waals surface area (Å²) >= 11 is 0. The molecule has 34 heavy (non-hydrogen) atoms. The van der Waals surface area contributed by atoms with Crippen LogP contribution in [0.3, 0.4) is 0 Å². The van der Waals surface area contributed by atoms with Gasteiger partial charge in [0.25, 0.3) is 0 Å². The third-order valence-electron chi connectivity index (χ3n) is 6.20. The summed E-state index contributed by atoms with van der Waals surface area (Å²) in [5.74, 6) is -0.913. The van der Waals surface area contributed by atoms with Crippen molar-refractivity contribution >= 4 is 23.2 Å². The minimum atomic E-state index is -0.697. The van der Waals surface area contributed by atoms with Gasteiger partial charge in [-0.1, -0.05) is 18.2 Å². The molecule has 2 amide bonds. The Kier molecular flexibility index (Phi) is 7.27. The summed E-state index contributed by atoms with van der Waals surface area (Å²) in [6.07, 6.45) is 1.60. The fourth-order valence-electron chi connectivity index (χ4n) is 4.29. The summed E-state index contributed by atoms with van der Waals surface area (Å²) in [4.78, 5) is 29.5. The van der Waals surface area contributed by atoms with E-state index in [2.05, 4.69) is 20.4 Å². The third kappa shape index (κ3) is 5.46. The number of piperazine rings is 1. The lowest BCUT2D eigenvalue weighted by Crippen LogP contribution is -2.50. The fourth-order valence-corrected chi connectivity index (χ4v) is 4.29. The van der Waals surface area contributed by atoms with Gasteiger partial charge in [-0.25, -0.2) is 4.39 Å². The highest BCUT2D eigenvalue weighted by molar-refractivity contribution is 6.39. The molecule has 1 fully saturated rings. The zero-order valence-electron chi connectivity index (χ0n) is 19.4. The molecule has 0 spiro atoms. The fraction of sp³-hybridized carbons (Fsp3) is 0.308. The van der Waals surface area contributed by atoms with Gasteiger partial charge < -0.3 is 20.0 Å². The van der Waals surface area contributed by atoms with Crippen LogP contribution in [-0.2, 0) is 9.59 Å². The molecule has 1 saturated heterocycles. The van der Waals surface area contributed by atoms with Crippen molar-refractivity contribution in [2.45, 2.75) is 19.9 Å². The number of nitrogens with one attached hydrogen (secondary N) is 2. The Balaban J connectivity index is 1.37. The van der Waals surface area contributed by atoms with Gasteiger partial charge in [-0.2, -0.15) is 0 Å². The van der Waals surface area contributed by atoms with Gasteiger partial charge in [-0.3, -0.25) is 14.5 Å². The van der Waals surface area contributed by atoms with E-state index < -0.39 is 11.8 Å². The van der Waals surface area contributed by atoms with Crippen molar-refractivity contribution in [3.63, 3.8) is 0 Å². The van der Waals surface area contributed by atoms with E-state index in [0.717, 1.165) is 48.8 Å². The Morgan fingerprint density at radius 2 is 1.62 bits per heavy atom. The largest absolute Gasteiger partial charge is 0.468 e. The number of para-hydroxylation sites is 1. The molecule has 2 N–H and O–H groups in total. The van der Waals surface area contributed by atoms with Gasteiger partial charge in [0, 0.05) is 44.1 Å². The summed E-state index contributed by atoms with van der Waals surface area (Å²) in [6, 6.07) is 15.7. The van der Waals surface area contributed by atoms with Crippen LogP contribution in [0.25, 0.3) is 0 Å². The second-order valence-electron chi connectivity index (χ2n) is 8.46. The molecule has 7 nitrogen and oxygen atoms in total. The predicted octanol–water partition coefficient (Wildman–Crippen LogP) is 3.65. The van der Waals surface area contributed by atoms with Gasteiger partial charge >= 0.3 is 11.8 Å². The second kappa shape index (κ2) is 10.5. The van der Waals surface area contributed by atoms with Crippen molar-refractivity contribution in [3.05, 3.63) is 83.6 Å². The molecular formula is C26H29FN4O3. The highest BCUT2D eigenvalue weighted by Crippen LogP contribution is 2.25. The van der Waals surface area contributed by atoms with Crippen molar-refractivity contribution in [2.24, 2.45) is 0 Å². The number of furan rings is 1. The first-order valence-corrected chi connectivity index (χ1v) is 11.4. The SMILES string of the molecule is Cc1cccc(C)c1NC(=O)C(=O)NCC(c1ccco1)N1CCN(c2ccc(F)cc2)CC1. The van der Waals surface area contributed by atoms with E-state index in [1.807, 2.05) is 44.2 Å². The van der Waals surface area contributed by atoms with Gasteiger partial charge in [-0.15, -0.1) is 0 Å². The van der Waals surface area contributed by atoms with E-state index in [1.165, 1.54) is 12.1 Å². The predicted molar refractivity (Wildman–Crippen MR) is 129 cm³/mol. The Morgan fingerprint density at radius 1 is 0.941 bits per heavy atom. The van der Waals surface area contributed by atoms with E-state index in [9.17, 15) is 14.0 Å². The molecule has 0 saturated carbocycles. The molecular weight excluding hydrogens is 435 g/mol. The topological polar surface area (TPSA) is 77.8 Å². The van der Waals surface area contributed by atoms with Crippen molar-refractivity contribution in [1.82, 2.24) is 10.2 Å². The maximum atomic E-state index is 13.2. The number of halogens is 1. The number of carbonyl (C=O) groups is 2. The third-order valence-corrected chi connectivity index (χ3v) is 6.20. The Bertz CT molecular complexity index is 1100. The van der Waals surface area contributed by atoms with Gasteiger partial charge in [0.2, 0.25) is 0 Å². The van der Waals surface area contributed by atoms with E-state index >= 15 is 0 Å². The van der Waals surface area contributed by atoms with Gasteiger partial charge in [0.05, 0.1) is 12.3 Å². The lowest BCUT2D eigenvalue weighted by Gasteiger charge is -2.39. The van der Waals surface area contributed by atoms with Crippen molar-refractivity contribution < 1.29 is 18.4 Å². The molecule has 2 heterocycles. The second-order valence-corrected chi connectivity index (χ2v) is 8.46. The van der Waals surface area contributed by atoms with Crippen molar-refractivity contribution in [2.75, 3.05) is 42.9 Å². The smallest absolute Gasteiger partial charge is 0.313 e. The monoisotopic (exact) mass is 464 g/mol. The van der Waals surface area contributed by atoms with Gasteiger partial charge in [0.15, 0.2) is 0 Å². The minimum Gasteiger partial charge on any atom is -0.468 e. The Morgan fingerprint density at radius 3 is 2.24 bits per heavy atom. The highest BCUT2D eigenvalue weighted by Gasteiger charge is 2.28. The molecule has 3 aromatic rings. The maximum Gasteiger partial charge on any atom is 0.313 e. The van der Waals surface area contributed by atoms with E-state index in [-0.39, 0.29) is 18.4 Å². The van der Waals surface area contributed by atoms with Crippen LogP contribution < -0.4 is 15.5 Å². The first-order chi connectivity index (χ1) is 16.4. The molecule has 0 bridgehead atoms. The number of benzene rings is 2. The number of nitrogens with zero attached hydrogens (tertiary/aromatic N) is 2. The molecule has 1 aliphatic rings. The number of anilines is 2. The molecule has 1 aliphatic heterocycles. The highest BCUT2D eigenvalue weighted by atomic mass is 19.1. The van der Waals surface area contributed by atoms with E-state index in [0.29, 0.717) is 5.69 Å². The zero-order chi connectivity index (χ0) is 24.1. The first-order valence-electron chi connectivity index (χ1n) is 11.4. The lowest BCUT2D eigenvalue weighted by atomic mass is 10.1. The number of carbonyl (C=O) groups excluding carboxylic acids is 2. The average molecular weight is 465 g/mol. The number of amides is 2. The number of hydrogen-bond donors (Lipinski definition) is 2. The molecule has 1 atom stereocenters. The average Bonchev–Trinajstić information content (AvgIpc) is 3.37. The van der Waals surface area contributed by atoms with E-state index in [4.69, 9.17) is 4.42 Å². The maximum absolute atomic E-state index is 13.2. The summed E-state index contributed by atoms with van der Waals surface area (Å²) < 4.78 is 18.9. The summed E-state index contributed by atoms with van der Waals surface area (Å²) in [7, 11) is 0. The standard InChI is InChI=1S/C26H29FN4O3/c1-18-5-3-6-19(2)24(18)29-26(33)25(32)28-17-22(23-7-4-16-34-23)31-14-12-30(13-15-31)21-10-8-20(27)9-11-21/h3-11,16,22H,12-15,17H2,1-2H3,(H,28,32)(H,29,33). The van der Waals surface area contributed by atoms with Crippen LogP contribution in [0.2, 0.25) is 0 Å². The molecule has 0 aliphatic carbocycles. The van der Waals surface area contributed by atoms with Crippen LogP contribution in [0.1, 0.15) is 22.9 Å². The van der Waals surface area contributed by atoms with E-state index in [1.54, 1.807) is 18.4 Å². The molecule has 4 rings (SSSR count). The molecule has 8 heteroatoms. The summed E-state index contributed by atoms with van der Waals surface area (Å²) in [5.41, 5.74) is 3.43. The first kappa shape index (κ1) is 23.5. The van der Waals surface area contributed by atoms with Crippen LogP contribution in [-0.4, -0.2) is 49.4 Å². The van der Waals surface area contributed by atoms with Crippen LogP contribution in [0.5, 0.6) is 0 Å². The molecule has 1 unspecified atom stereocenters. The summed E-state index contributed by atoms with van der Waals surface area (Å²) in [6.45, 7) is 6.98. The van der Waals surface area contributed by atoms with Crippen molar-refractivity contribution in [1.29, 1.82) is 0 Å². The number of rotatable bonds is 6. The van der Waals surface area contributed by atoms with Crippen LogP contribution in [0.15, 0.2) is 65.3 Å². The minimum absolute atomic E-state index is 0.206. The quantitative estimate of drug-likeness (QED) is 0.545. The van der Waals surface area contributed by atoms with Crippen LogP contribution in [0, 0.1) is 19.7 Å². The molecule has 1 aromatic heterocycles. The number of aryl methyl sites for hydroxylation is 2.